The summed E-state index contributed by atoms with van der Waals surface area (Å²) < 4.78 is 17.3. The van der Waals surface area contributed by atoms with Gasteiger partial charge in [0.15, 0.2) is 0 Å². The molecule has 1 saturated heterocycles. The van der Waals surface area contributed by atoms with Crippen LogP contribution in [-0.4, -0.2) is 74.2 Å². The van der Waals surface area contributed by atoms with Crippen LogP contribution in [0, 0.1) is 5.41 Å². The number of benzene rings is 2. The molecule has 3 heterocycles. The van der Waals surface area contributed by atoms with Gasteiger partial charge in [-0.25, -0.2) is 0 Å². The minimum absolute atomic E-state index is 0.188. The Morgan fingerprint density at radius 2 is 1.82 bits per heavy atom. The van der Waals surface area contributed by atoms with Crippen LogP contribution in [0.25, 0.3) is 0 Å². The van der Waals surface area contributed by atoms with Crippen molar-refractivity contribution in [3.05, 3.63) is 59.2 Å². The highest BCUT2D eigenvalue weighted by Gasteiger charge is 2.47. The van der Waals surface area contributed by atoms with Crippen LogP contribution in [0.2, 0.25) is 0 Å². The number of imide groups is 1. The van der Waals surface area contributed by atoms with E-state index in [-0.39, 0.29) is 23.3 Å². The van der Waals surface area contributed by atoms with Crippen LogP contribution in [0.1, 0.15) is 39.6 Å². The minimum atomic E-state index is -0.274. The maximum atomic E-state index is 13.0. The normalized spacial score (nSPS) is 20.8. The lowest BCUT2D eigenvalue weighted by Crippen LogP contribution is -2.60. The van der Waals surface area contributed by atoms with E-state index in [2.05, 4.69) is 11.8 Å². The summed E-state index contributed by atoms with van der Waals surface area (Å²) in [6.45, 7) is 5.85. The number of carbonyl (C=O) groups is 2. The summed E-state index contributed by atoms with van der Waals surface area (Å²) in [5.41, 5.74) is 1.81. The summed E-state index contributed by atoms with van der Waals surface area (Å²) in [4.78, 5) is 29.8. The van der Waals surface area contributed by atoms with Crippen LogP contribution < -0.4 is 9.47 Å². The molecule has 1 unspecified atom stereocenters. The minimum Gasteiger partial charge on any atom is -0.496 e. The molecule has 0 saturated carbocycles. The molecular formula is C26H30N2O5. The van der Waals surface area contributed by atoms with E-state index in [9.17, 15) is 9.59 Å². The number of ether oxygens (including phenoxy) is 3. The molecule has 0 aliphatic carbocycles. The number of carbonyl (C=O) groups excluding carboxylic acids is 2. The van der Waals surface area contributed by atoms with Gasteiger partial charge in [-0.1, -0.05) is 25.1 Å². The topological polar surface area (TPSA) is 68.3 Å². The van der Waals surface area contributed by atoms with Gasteiger partial charge >= 0.3 is 0 Å². The molecule has 0 spiro atoms. The van der Waals surface area contributed by atoms with E-state index in [1.54, 1.807) is 31.4 Å². The largest absolute Gasteiger partial charge is 0.496 e. The summed E-state index contributed by atoms with van der Waals surface area (Å²) >= 11 is 0. The number of amides is 2. The summed E-state index contributed by atoms with van der Waals surface area (Å²) in [7, 11) is 1.69. The first kappa shape index (κ1) is 21.9. The molecule has 33 heavy (non-hydrogen) atoms. The van der Waals surface area contributed by atoms with E-state index >= 15 is 0 Å². The van der Waals surface area contributed by atoms with Gasteiger partial charge in [-0.3, -0.25) is 19.4 Å². The fraction of sp³-hybridized carbons (Fsp3) is 0.462. The molecule has 7 nitrogen and oxygen atoms in total. The zero-order valence-electron chi connectivity index (χ0n) is 19.2. The molecule has 174 valence electrons. The van der Waals surface area contributed by atoms with Crippen LogP contribution in [0.15, 0.2) is 42.5 Å². The lowest BCUT2D eigenvalue weighted by atomic mass is 9.83. The molecule has 0 N–H and O–H groups in total. The molecule has 5 rings (SSSR count). The van der Waals surface area contributed by atoms with E-state index in [1.165, 1.54) is 4.90 Å². The highest BCUT2D eigenvalue weighted by atomic mass is 16.5. The van der Waals surface area contributed by atoms with Gasteiger partial charge < -0.3 is 14.2 Å². The lowest BCUT2D eigenvalue weighted by molar-refractivity contribution is -0.137. The van der Waals surface area contributed by atoms with Gasteiger partial charge in [0.1, 0.15) is 18.1 Å². The van der Waals surface area contributed by atoms with Crippen LogP contribution in [-0.2, 0) is 11.2 Å². The molecule has 1 atom stereocenters. The Balaban J connectivity index is 1.34. The zero-order valence-corrected chi connectivity index (χ0v) is 19.2. The van der Waals surface area contributed by atoms with Gasteiger partial charge in [0.25, 0.3) is 11.8 Å². The fourth-order valence-electron chi connectivity index (χ4n) is 5.24. The smallest absolute Gasteiger partial charge is 0.261 e. The number of rotatable bonds is 8. The Hall–Kier alpha value is -2.90. The summed E-state index contributed by atoms with van der Waals surface area (Å²) in [5, 5.41) is 0. The van der Waals surface area contributed by atoms with Gasteiger partial charge in [0, 0.05) is 30.1 Å². The number of hydrogen-bond donors (Lipinski definition) is 0. The SMILES string of the molecule is CCCN(CC1(CN2C(=O)c3ccccc3C2=O)COC1)C1COc2cccc(OC)c2C1. The summed E-state index contributed by atoms with van der Waals surface area (Å²) in [6.07, 6.45) is 1.84. The predicted molar refractivity (Wildman–Crippen MR) is 123 cm³/mol. The maximum absolute atomic E-state index is 13.0. The molecule has 2 aromatic rings. The molecule has 1 fully saturated rings. The highest BCUT2D eigenvalue weighted by Crippen LogP contribution is 2.37. The number of hydrogen-bond acceptors (Lipinski definition) is 6. The van der Waals surface area contributed by atoms with Crippen LogP contribution in [0.3, 0.4) is 0 Å². The quantitative estimate of drug-likeness (QED) is 0.576. The number of fused-ring (bicyclic) bond motifs is 2. The third-order valence-electron chi connectivity index (χ3n) is 6.93. The highest BCUT2D eigenvalue weighted by molar-refractivity contribution is 6.21. The average Bonchev–Trinajstić information content (AvgIpc) is 3.06. The van der Waals surface area contributed by atoms with Crippen molar-refractivity contribution in [1.82, 2.24) is 9.80 Å². The van der Waals surface area contributed by atoms with Crippen LogP contribution in [0.4, 0.5) is 0 Å². The first-order chi connectivity index (χ1) is 16.0. The summed E-state index contributed by atoms with van der Waals surface area (Å²) in [6, 6.07) is 13.2. The van der Waals surface area contributed by atoms with E-state index in [0.717, 1.165) is 43.0 Å². The maximum Gasteiger partial charge on any atom is 0.261 e. The molecule has 2 aromatic carbocycles. The van der Waals surface area contributed by atoms with Crippen molar-refractivity contribution in [1.29, 1.82) is 0 Å². The van der Waals surface area contributed by atoms with Crippen molar-refractivity contribution in [2.45, 2.75) is 25.8 Å². The van der Waals surface area contributed by atoms with Crippen molar-refractivity contribution in [3.63, 3.8) is 0 Å². The average molecular weight is 451 g/mol. The predicted octanol–water partition coefficient (Wildman–Crippen LogP) is 3.02. The van der Waals surface area contributed by atoms with E-state index in [1.807, 2.05) is 18.2 Å². The molecular weight excluding hydrogens is 420 g/mol. The molecule has 3 aliphatic heterocycles. The monoisotopic (exact) mass is 450 g/mol. The van der Waals surface area contributed by atoms with Crippen molar-refractivity contribution >= 4 is 11.8 Å². The second kappa shape index (κ2) is 8.80. The molecule has 0 radical (unpaired) electrons. The molecule has 7 heteroatoms. The van der Waals surface area contributed by atoms with Gasteiger partial charge in [-0.2, -0.15) is 0 Å². The standard InChI is InChI=1S/C26H30N2O5/c1-3-11-27(18-12-21-22(31-2)9-6-10-23(21)33-13-18)14-26(16-32-17-26)15-28-24(29)19-7-4-5-8-20(19)25(28)30/h4-10,18H,3,11-17H2,1-2H3. The second-order valence-corrected chi connectivity index (χ2v) is 9.31. The van der Waals surface area contributed by atoms with Gasteiger partial charge in [0.2, 0.25) is 0 Å². The van der Waals surface area contributed by atoms with Crippen molar-refractivity contribution in [2.75, 3.05) is 46.6 Å². The van der Waals surface area contributed by atoms with E-state index in [4.69, 9.17) is 14.2 Å². The number of methoxy groups -OCH3 is 1. The Bertz CT molecular complexity index is 1020. The molecule has 0 aromatic heterocycles. The number of nitrogens with zero attached hydrogens (tertiary/aromatic N) is 2. The molecule has 0 bridgehead atoms. The Morgan fingerprint density at radius 1 is 1.09 bits per heavy atom. The van der Waals surface area contributed by atoms with Crippen LogP contribution in [0.5, 0.6) is 11.5 Å². The Kier molecular flexibility index (Phi) is 5.85. The summed E-state index contributed by atoms with van der Waals surface area (Å²) in [5.74, 6) is 1.32. The fourth-order valence-corrected chi connectivity index (χ4v) is 5.24. The van der Waals surface area contributed by atoms with Crippen molar-refractivity contribution in [3.8, 4) is 11.5 Å². The Morgan fingerprint density at radius 3 is 2.42 bits per heavy atom. The van der Waals surface area contributed by atoms with E-state index in [0.29, 0.717) is 37.5 Å². The van der Waals surface area contributed by atoms with Crippen molar-refractivity contribution < 1.29 is 23.8 Å². The lowest BCUT2D eigenvalue weighted by Gasteiger charge is -2.48. The zero-order chi connectivity index (χ0) is 23.0. The van der Waals surface area contributed by atoms with Crippen LogP contribution >= 0.6 is 0 Å². The molecule has 2 amide bonds. The third-order valence-corrected chi connectivity index (χ3v) is 6.93. The second-order valence-electron chi connectivity index (χ2n) is 9.31. The van der Waals surface area contributed by atoms with Gasteiger partial charge in [-0.15, -0.1) is 0 Å². The Labute approximate surface area is 194 Å². The third kappa shape index (κ3) is 3.89. The van der Waals surface area contributed by atoms with Crippen molar-refractivity contribution in [2.24, 2.45) is 5.41 Å². The van der Waals surface area contributed by atoms with Gasteiger partial charge in [-0.05, 0) is 43.7 Å². The molecule has 3 aliphatic rings. The first-order valence-corrected chi connectivity index (χ1v) is 11.6. The van der Waals surface area contributed by atoms with E-state index < -0.39 is 0 Å². The first-order valence-electron chi connectivity index (χ1n) is 11.6. The van der Waals surface area contributed by atoms with Gasteiger partial charge in [0.05, 0.1) is 31.5 Å².